The van der Waals surface area contributed by atoms with Gasteiger partial charge >= 0.3 is 0 Å². The number of nitrogens with one attached hydrogen (secondary N) is 1. The molecule has 0 saturated carbocycles. The second kappa shape index (κ2) is 10.3. The number of hydrogen-bond donors (Lipinski definition) is 1. The van der Waals surface area contributed by atoms with Gasteiger partial charge in [0.15, 0.2) is 0 Å². The van der Waals surface area contributed by atoms with Crippen molar-refractivity contribution in [2.75, 3.05) is 36.9 Å². The molecular weight excluding hydrogens is 460 g/mol. The average molecular weight is 491 g/mol. The first kappa shape index (κ1) is 24.4. The molecule has 0 unspecified atom stereocenters. The number of hydrogen-bond acceptors (Lipinski definition) is 5. The Morgan fingerprint density at radius 1 is 0.743 bits per heavy atom. The van der Waals surface area contributed by atoms with Crippen molar-refractivity contribution in [3.8, 4) is 11.5 Å². The van der Waals surface area contributed by atoms with E-state index in [0.29, 0.717) is 30.0 Å². The molecule has 35 heavy (non-hydrogen) atoms. The summed E-state index contributed by atoms with van der Waals surface area (Å²) in [7, 11) is 0.0504. The van der Waals surface area contributed by atoms with E-state index in [0.717, 1.165) is 28.0 Å². The SMILES string of the molecule is Cc1ccccc1OCCOc1cc(NS(=O)(=O)c2cccc3c(N(C)C)cccc23)ccc1C. The van der Waals surface area contributed by atoms with Gasteiger partial charge in [0.1, 0.15) is 24.7 Å². The van der Waals surface area contributed by atoms with E-state index in [1.165, 1.54) is 0 Å². The summed E-state index contributed by atoms with van der Waals surface area (Å²) < 4.78 is 41.1. The molecule has 182 valence electrons. The van der Waals surface area contributed by atoms with Crippen LogP contribution in [0.15, 0.2) is 83.8 Å². The second-order valence-corrected chi connectivity index (χ2v) is 10.2. The molecule has 6 nitrogen and oxygen atoms in total. The third-order valence-electron chi connectivity index (χ3n) is 5.76. The Kier molecular flexibility index (Phi) is 7.17. The van der Waals surface area contributed by atoms with Gasteiger partial charge in [0.2, 0.25) is 0 Å². The molecule has 4 aromatic rings. The average Bonchev–Trinajstić information content (AvgIpc) is 2.83. The van der Waals surface area contributed by atoms with E-state index in [9.17, 15) is 8.42 Å². The lowest BCUT2D eigenvalue weighted by atomic mass is 10.1. The first-order valence-electron chi connectivity index (χ1n) is 11.4. The largest absolute Gasteiger partial charge is 0.490 e. The van der Waals surface area contributed by atoms with Gasteiger partial charge in [-0.3, -0.25) is 4.72 Å². The van der Waals surface area contributed by atoms with Crippen LogP contribution in [0.2, 0.25) is 0 Å². The summed E-state index contributed by atoms with van der Waals surface area (Å²) in [6.07, 6.45) is 0. The van der Waals surface area contributed by atoms with E-state index >= 15 is 0 Å². The zero-order valence-corrected chi connectivity index (χ0v) is 21.2. The summed E-state index contributed by atoms with van der Waals surface area (Å²) in [6.45, 7) is 4.63. The van der Waals surface area contributed by atoms with E-state index in [1.54, 1.807) is 24.3 Å². The van der Waals surface area contributed by atoms with Crippen LogP contribution < -0.4 is 19.1 Å². The van der Waals surface area contributed by atoms with Crippen molar-refractivity contribution in [2.45, 2.75) is 18.7 Å². The molecule has 0 amide bonds. The molecule has 0 aliphatic carbocycles. The smallest absolute Gasteiger partial charge is 0.262 e. The molecule has 0 saturated heterocycles. The molecule has 4 aromatic carbocycles. The lowest BCUT2D eigenvalue weighted by molar-refractivity contribution is 0.215. The molecular formula is C28H30N2O4S. The zero-order chi connectivity index (χ0) is 25.0. The van der Waals surface area contributed by atoms with Crippen LogP contribution in [0.25, 0.3) is 10.8 Å². The first-order valence-corrected chi connectivity index (χ1v) is 12.9. The maximum atomic E-state index is 13.4. The number of nitrogens with zero attached hydrogens (tertiary/aromatic N) is 1. The molecule has 1 N–H and O–H groups in total. The van der Waals surface area contributed by atoms with Gasteiger partial charge < -0.3 is 14.4 Å². The van der Waals surface area contributed by atoms with Crippen LogP contribution in [-0.2, 0) is 10.0 Å². The zero-order valence-electron chi connectivity index (χ0n) is 20.4. The van der Waals surface area contributed by atoms with E-state index in [1.807, 2.05) is 87.4 Å². The minimum absolute atomic E-state index is 0.230. The van der Waals surface area contributed by atoms with Gasteiger partial charge in [0.05, 0.1) is 10.6 Å². The quantitative estimate of drug-likeness (QED) is 0.301. The molecule has 0 fully saturated rings. The van der Waals surface area contributed by atoms with Crippen molar-refractivity contribution in [3.05, 3.63) is 90.0 Å². The molecule has 0 aliphatic rings. The summed E-state index contributed by atoms with van der Waals surface area (Å²) in [5.41, 5.74) is 3.36. The minimum Gasteiger partial charge on any atom is -0.490 e. The summed E-state index contributed by atoms with van der Waals surface area (Å²) in [5, 5.41) is 1.55. The van der Waals surface area contributed by atoms with Gasteiger partial charge in [-0.2, -0.15) is 0 Å². The summed E-state index contributed by atoms with van der Waals surface area (Å²) in [5.74, 6) is 1.42. The van der Waals surface area contributed by atoms with Gasteiger partial charge in [-0.25, -0.2) is 8.42 Å². The van der Waals surface area contributed by atoms with Crippen molar-refractivity contribution < 1.29 is 17.9 Å². The molecule has 0 aromatic heterocycles. The van der Waals surface area contributed by atoms with Crippen LogP contribution in [0.1, 0.15) is 11.1 Å². The summed E-state index contributed by atoms with van der Waals surface area (Å²) in [6, 6.07) is 24.1. The summed E-state index contributed by atoms with van der Waals surface area (Å²) >= 11 is 0. The van der Waals surface area contributed by atoms with Crippen LogP contribution in [0, 0.1) is 13.8 Å². The fourth-order valence-corrected chi connectivity index (χ4v) is 5.21. The van der Waals surface area contributed by atoms with Crippen LogP contribution >= 0.6 is 0 Å². The van der Waals surface area contributed by atoms with Gasteiger partial charge in [-0.15, -0.1) is 0 Å². The third-order valence-corrected chi connectivity index (χ3v) is 7.20. The fraction of sp³-hybridized carbons (Fsp3) is 0.214. The van der Waals surface area contributed by atoms with Crippen LogP contribution in [0.3, 0.4) is 0 Å². The highest BCUT2D eigenvalue weighted by atomic mass is 32.2. The summed E-state index contributed by atoms with van der Waals surface area (Å²) in [4.78, 5) is 2.20. The number of para-hydroxylation sites is 1. The number of aryl methyl sites for hydroxylation is 2. The highest BCUT2D eigenvalue weighted by Gasteiger charge is 2.19. The van der Waals surface area contributed by atoms with Crippen molar-refractivity contribution >= 4 is 32.2 Å². The number of anilines is 2. The molecule has 4 rings (SSSR count). The van der Waals surface area contributed by atoms with Gasteiger partial charge in [0.25, 0.3) is 10.0 Å². The Morgan fingerprint density at radius 2 is 1.40 bits per heavy atom. The van der Waals surface area contributed by atoms with Gasteiger partial charge in [-0.1, -0.05) is 48.5 Å². The van der Waals surface area contributed by atoms with Crippen LogP contribution in [-0.4, -0.2) is 35.7 Å². The first-order chi connectivity index (χ1) is 16.8. The Hall–Kier alpha value is -3.71. The van der Waals surface area contributed by atoms with Gasteiger partial charge in [-0.05, 0) is 49.2 Å². The topological polar surface area (TPSA) is 67.9 Å². The molecule has 0 aliphatic heterocycles. The maximum absolute atomic E-state index is 13.4. The highest BCUT2D eigenvalue weighted by molar-refractivity contribution is 7.93. The van der Waals surface area contributed by atoms with Crippen molar-refractivity contribution in [2.24, 2.45) is 0 Å². The molecule has 0 atom stereocenters. The standard InChI is InChI=1S/C28H30N2O4S/c1-20-9-5-6-13-26(20)33-17-18-34-27-19-22(16-15-21(27)2)29-35(31,32)28-14-8-10-23-24(28)11-7-12-25(23)30(3)4/h5-16,19,29H,17-18H2,1-4H3. The highest BCUT2D eigenvalue weighted by Crippen LogP contribution is 2.32. The lowest BCUT2D eigenvalue weighted by Gasteiger charge is -2.17. The number of sulfonamides is 1. The predicted molar refractivity (Wildman–Crippen MR) is 142 cm³/mol. The van der Waals surface area contributed by atoms with E-state index in [4.69, 9.17) is 9.47 Å². The Labute approximate surface area is 207 Å². The molecule has 0 radical (unpaired) electrons. The molecule has 0 heterocycles. The van der Waals surface area contributed by atoms with Crippen LogP contribution in [0.4, 0.5) is 11.4 Å². The van der Waals surface area contributed by atoms with Crippen molar-refractivity contribution in [1.82, 2.24) is 0 Å². The maximum Gasteiger partial charge on any atom is 0.262 e. The number of fused-ring (bicyclic) bond motifs is 1. The van der Waals surface area contributed by atoms with Crippen molar-refractivity contribution in [1.29, 1.82) is 0 Å². The van der Waals surface area contributed by atoms with Crippen molar-refractivity contribution in [3.63, 3.8) is 0 Å². The Balaban J connectivity index is 1.51. The molecule has 7 heteroatoms. The third kappa shape index (κ3) is 5.52. The van der Waals surface area contributed by atoms with Gasteiger partial charge in [0, 0.05) is 36.6 Å². The van der Waals surface area contributed by atoms with E-state index in [-0.39, 0.29) is 4.90 Å². The normalized spacial score (nSPS) is 11.3. The van der Waals surface area contributed by atoms with E-state index < -0.39 is 10.0 Å². The molecule has 0 spiro atoms. The monoisotopic (exact) mass is 490 g/mol. The number of ether oxygens (including phenoxy) is 2. The predicted octanol–water partition coefficient (Wildman–Crippen LogP) is 5.78. The fourth-order valence-electron chi connectivity index (χ4n) is 3.94. The Bertz CT molecular complexity index is 1450. The number of rotatable bonds is 9. The molecule has 0 bridgehead atoms. The minimum atomic E-state index is -3.83. The van der Waals surface area contributed by atoms with E-state index in [2.05, 4.69) is 4.72 Å². The Morgan fingerprint density at radius 3 is 2.14 bits per heavy atom. The second-order valence-electron chi connectivity index (χ2n) is 8.57. The van der Waals surface area contributed by atoms with Crippen LogP contribution in [0.5, 0.6) is 11.5 Å². The lowest BCUT2D eigenvalue weighted by Crippen LogP contribution is -2.15. The number of benzene rings is 4.